The van der Waals surface area contributed by atoms with Gasteiger partial charge >= 0.3 is 0 Å². The zero-order valence-corrected chi connectivity index (χ0v) is 11.4. The molecule has 16 heavy (non-hydrogen) atoms. The first kappa shape index (κ1) is 13.4. The summed E-state index contributed by atoms with van der Waals surface area (Å²) in [6, 6.07) is 8.46. The second kappa shape index (κ2) is 7.61. The lowest BCUT2D eigenvalue weighted by atomic mass is 10.2. The summed E-state index contributed by atoms with van der Waals surface area (Å²) in [7, 11) is 0. The maximum absolute atomic E-state index is 3.48. The fraction of sp³-hybridized carbons (Fsp3) is 0.571. The Hall–Kier alpha value is -0.630. The van der Waals surface area contributed by atoms with E-state index in [2.05, 4.69) is 50.4 Å². The van der Waals surface area contributed by atoms with Crippen molar-refractivity contribution < 1.29 is 0 Å². The van der Waals surface area contributed by atoms with Gasteiger partial charge < -0.3 is 5.32 Å². The van der Waals surface area contributed by atoms with Gasteiger partial charge in [-0.15, -0.1) is 0 Å². The van der Waals surface area contributed by atoms with Gasteiger partial charge in [-0.25, -0.2) is 0 Å². The number of hydrogen-bond donors (Lipinski definition) is 1. The number of thioether (sulfide) groups is 1. The zero-order valence-electron chi connectivity index (χ0n) is 10.6. The first-order valence-electron chi connectivity index (χ1n) is 6.11. The van der Waals surface area contributed by atoms with E-state index in [4.69, 9.17) is 0 Å². The largest absolute Gasteiger partial charge is 0.384 e. The molecule has 0 radical (unpaired) electrons. The predicted octanol–water partition coefficient (Wildman–Crippen LogP) is 4.19. The standard InChI is InChI=1S/C14H23NS/c1-4-12(2)11-16-10-9-15-14-8-6-5-7-13(14)3/h5-8,12,15H,4,9-11H2,1-3H3. The van der Waals surface area contributed by atoms with Gasteiger partial charge in [-0.1, -0.05) is 38.5 Å². The summed E-state index contributed by atoms with van der Waals surface area (Å²) in [6.07, 6.45) is 1.29. The molecule has 2 heteroatoms. The van der Waals surface area contributed by atoms with E-state index in [1.54, 1.807) is 0 Å². The Kier molecular flexibility index (Phi) is 6.39. The van der Waals surface area contributed by atoms with Crippen molar-refractivity contribution in [3.8, 4) is 0 Å². The molecule has 0 fully saturated rings. The lowest BCUT2D eigenvalue weighted by Gasteiger charge is -2.10. The molecule has 1 aromatic rings. The number of anilines is 1. The van der Waals surface area contributed by atoms with Crippen molar-refractivity contribution in [2.24, 2.45) is 5.92 Å². The molecule has 0 heterocycles. The number of benzene rings is 1. The van der Waals surface area contributed by atoms with Gasteiger partial charge in [-0.05, 0) is 30.2 Å². The van der Waals surface area contributed by atoms with Crippen molar-refractivity contribution in [2.75, 3.05) is 23.4 Å². The van der Waals surface area contributed by atoms with Crippen LogP contribution in [-0.4, -0.2) is 18.1 Å². The topological polar surface area (TPSA) is 12.0 Å². The highest BCUT2D eigenvalue weighted by atomic mass is 32.2. The fourth-order valence-electron chi connectivity index (χ4n) is 1.43. The van der Waals surface area contributed by atoms with Crippen LogP contribution in [0.5, 0.6) is 0 Å². The van der Waals surface area contributed by atoms with Gasteiger partial charge in [0.15, 0.2) is 0 Å². The number of hydrogen-bond acceptors (Lipinski definition) is 2. The van der Waals surface area contributed by atoms with Gasteiger partial charge in [0.25, 0.3) is 0 Å². The summed E-state index contributed by atoms with van der Waals surface area (Å²) in [4.78, 5) is 0. The van der Waals surface area contributed by atoms with Gasteiger partial charge in [0.1, 0.15) is 0 Å². The first-order chi connectivity index (χ1) is 7.74. The molecule has 1 rings (SSSR count). The van der Waals surface area contributed by atoms with Crippen LogP contribution in [0, 0.1) is 12.8 Å². The van der Waals surface area contributed by atoms with Crippen molar-refractivity contribution in [1.29, 1.82) is 0 Å². The molecule has 0 aliphatic rings. The van der Waals surface area contributed by atoms with E-state index in [0.29, 0.717) is 0 Å². The van der Waals surface area contributed by atoms with E-state index in [1.807, 2.05) is 11.8 Å². The Labute approximate surface area is 104 Å². The van der Waals surface area contributed by atoms with Gasteiger partial charge in [0, 0.05) is 18.0 Å². The number of rotatable bonds is 7. The van der Waals surface area contributed by atoms with Crippen LogP contribution in [0.1, 0.15) is 25.8 Å². The van der Waals surface area contributed by atoms with Crippen LogP contribution in [0.25, 0.3) is 0 Å². The summed E-state index contributed by atoms with van der Waals surface area (Å²) in [6.45, 7) is 7.79. The van der Waals surface area contributed by atoms with E-state index >= 15 is 0 Å². The summed E-state index contributed by atoms with van der Waals surface area (Å²) < 4.78 is 0. The molecule has 1 atom stereocenters. The number of aryl methyl sites for hydroxylation is 1. The Morgan fingerprint density at radius 1 is 1.31 bits per heavy atom. The Balaban J connectivity index is 2.14. The van der Waals surface area contributed by atoms with Crippen molar-refractivity contribution >= 4 is 17.4 Å². The third-order valence-corrected chi connectivity index (χ3v) is 4.10. The molecule has 0 aliphatic carbocycles. The van der Waals surface area contributed by atoms with E-state index in [9.17, 15) is 0 Å². The molecule has 1 nitrogen and oxygen atoms in total. The second-order valence-electron chi connectivity index (χ2n) is 4.33. The van der Waals surface area contributed by atoms with E-state index in [1.165, 1.54) is 29.2 Å². The lowest BCUT2D eigenvalue weighted by Crippen LogP contribution is -2.07. The lowest BCUT2D eigenvalue weighted by molar-refractivity contribution is 0.637. The molecule has 0 bridgehead atoms. The maximum atomic E-state index is 3.48. The van der Waals surface area contributed by atoms with Crippen LogP contribution in [-0.2, 0) is 0 Å². The third-order valence-electron chi connectivity index (χ3n) is 2.81. The van der Waals surface area contributed by atoms with Crippen LogP contribution in [0.3, 0.4) is 0 Å². The predicted molar refractivity (Wildman–Crippen MR) is 76.4 cm³/mol. The van der Waals surface area contributed by atoms with Crippen molar-refractivity contribution in [3.63, 3.8) is 0 Å². The van der Waals surface area contributed by atoms with E-state index in [0.717, 1.165) is 12.5 Å². The minimum Gasteiger partial charge on any atom is -0.384 e. The average molecular weight is 237 g/mol. The van der Waals surface area contributed by atoms with Crippen LogP contribution >= 0.6 is 11.8 Å². The molecule has 1 aromatic carbocycles. The Morgan fingerprint density at radius 3 is 2.75 bits per heavy atom. The van der Waals surface area contributed by atoms with Crippen molar-refractivity contribution in [2.45, 2.75) is 27.2 Å². The first-order valence-corrected chi connectivity index (χ1v) is 7.26. The zero-order chi connectivity index (χ0) is 11.8. The molecule has 1 N–H and O–H groups in total. The van der Waals surface area contributed by atoms with Crippen LogP contribution in [0.4, 0.5) is 5.69 Å². The molecule has 0 aromatic heterocycles. The van der Waals surface area contributed by atoms with Gasteiger partial charge in [0.2, 0.25) is 0 Å². The van der Waals surface area contributed by atoms with Crippen LogP contribution in [0.15, 0.2) is 24.3 Å². The number of nitrogens with one attached hydrogen (secondary N) is 1. The normalized spacial score (nSPS) is 12.4. The summed E-state index contributed by atoms with van der Waals surface area (Å²) in [5.41, 5.74) is 2.60. The van der Waals surface area contributed by atoms with Gasteiger partial charge in [0.05, 0.1) is 0 Å². The average Bonchev–Trinajstić information content (AvgIpc) is 2.30. The second-order valence-corrected chi connectivity index (χ2v) is 5.48. The summed E-state index contributed by atoms with van der Waals surface area (Å²) >= 11 is 2.05. The highest BCUT2D eigenvalue weighted by Gasteiger charge is 1.99. The van der Waals surface area contributed by atoms with E-state index in [-0.39, 0.29) is 0 Å². The van der Waals surface area contributed by atoms with Crippen LogP contribution in [0.2, 0.25) is 0 Å². The molecule has 90 valence electrons. The quantitative estimate of drug-likeness (QED) is 0.714. The molecule has 0 saturated carbocycles. The van der Waals surface area contributed by atoms with Crippen molar-refractivity contribution in [1.82, 2.24) is 0 Å². The summed E-state index contributed by atoms with van der Waals surface area (Å²) in [5, 5.41) is 3.48. The minimum absolute atomic E-state index is 0.850. The Morgan fingerprint density at radius 2 is 2.06 bits per heavy atom. The molecule has 0 amide bonds. The number of para-hydroxylation sites is 1. The molecule has 0 aliphatic heterocycles. The van der Waals surface area contributed by atoms with E-state index < -0.39 is 0 Å². The highest BCUT2D eigenvalue weighted by molar-refractivity contribution is 7.99. The van der Waals surface area contributed by atoms with Gasteiger partial charge in [-0.3, -0.25) is 0 Å². The monoisotopic (exact) mass is 237 g/mol. The molecular formula is C14H23NS. The summed E-state index contributed by atoms with van der Waals surface area (Å²) in [5.74, 6) is 3.33. The molecular weight excluding hydrogens is 214 g/mol. The smallest absolute Gasteiger partial charge is 0.0370 e. The Bertz CT molecular complexity index is 299. The molecule has 0 saturated heterocycles. The van der Waals surface area contributed by atoms with Crippen LogP contribution < -0.4 is 5.32 Å². The van der Waals surface area contributed by atoms with Crippen molar-refractivity contribution in [3.05, 3.63) is 29.8 Å². The third kappa shape index (κ3) is 4.93. The maximum Gasteiger partial charge on any atom is 0.0370 e. The van der Waals surface area contributed by atoms with Gasteiger partial charge in [-0.2, -0.15) is 11.8 Å². The highest BCUT2D eigenvalue weighted by Crippen LogP contribution is 2.14. The molecule has 0 spiro atoms. The minimum atomic E-state index is 0.850. The fourth-order valence-corrected chi connectivity index (χ4v) is 2.48. The molecule has 1 unspecified atom stereocenters. The SMILES string of the molecule is CCC(C)CSCCNc1ccccc1C.